The summed E-state index contributed by atoms with van der Waals surface area (Å²) in [6.45, 7) is 4.09. The molecular formula is C30H25ClN2O7S. The Hall–Kier alpha value is -4.41. The van der Waals surface area contributed by atoms with E-state index < -0.39 is 23.5 Å². The normalized spacial score (nSPS) is 14.9. The highest BCUT2D eigenvalue weighted by Crippen LogP contribution is 2.37. The second kappa shape index (κ2) is 11.6. The fourth-order valence-corrected chi connectivity index (χ4v) is 5.86. The van der Waals surface area contributed by atoms with Crippen molar-refractivity contribution in [2.75, 3.05) is 13.7 Å². The zero-order valence-electron chi connectivity index (χ0n) is 22.3. The predicted octanol–water partition coefficient (Wildman–Crippen LogP) is 4.81. The molecule has 0 saturated heterocycles. The summed E-state index contributed by atoms with van der Waals surface area (Å²) in [7, 11) is 1.27. The van der Waals surface area contributed by atoms with Gasteiger partial charge < -0.3 is 19.0 Å². The number of carboxylic acids is 1. The van der Waals surface area contributed by atoms with Gasteiger partial charge in [-0.05, 0) is 49.7 Å². The maximum atomic E-state index is 13.9. The molecule has 0 fully saturated rings. The maximum absolute atomic E-state index is 13.9. The van der Waals surface area contributed by atoms with E-state index in [9.17, 15) is 19.5 Å². The SMILES string of the molecule is CCCOc1ccc(Cl)cc1[C@@H]1C(C(=O)OC)=C(C)N=c2s/c(=C/c3ccc(-c4ccccc4C(=O)O)o3)c(=O)n21. The van der Waals surface area contributed by atoms with E-state index in [-0.39, 0.29) is 11.1 Å². The fraction of sp³-hybridized carbons (Fsp3) is 0.200. The van der Waals surface area contributed by atoms with E-state index in [1.54, 1.807) is 61.5 Å². The minimum Gasteiger partial charge on any atom is -0.493 e. The number of hydrogen-bond acceptors (Lipinski definition) is 8. The Morgan fingerprint density at radius 2 is 1.98 bits per heavy atom. The molecule has 0 spiro atoms. The number of methoxy groups -OCH3 is 1. The molecule has 1 atom stereocenters. The minimum atomic E-state index is -1.08. The van der Waals surface area contributed by atoms with Gasteiger partial charge in [-0.3, -0.25) is 9.36 Å². The Balaban J connectivity index is 1.67. The van der Waals surface area contributed by atoms with Crippen molar-refractivity contribution in [3.8, 4) is 17.1 Å². The van der Waals surface area contributed by atoms with Crippen LogP contribution in [0.25, 0.3) is 17.4 Å². The number of thiazole rings is 1. The number of nitrogens with zero attached hydrogens (tertiary/aromatic N) is 2. The van der Waals surface area contributed by atoms with Crippen LogP contribution in [0.3, 0.4) is 0 Å². The molecule has 210 valence electrons. The van der Waals surface area contributed by atoms with E-state index in [1.807, 2.05) is 6.92 Å². The van der Waals surface area contributed by atoms with Gasteiger partial charge in [0.1, 0.15) is 23.3 Å². The first-order valence-corrected chi connectivity index (χ1v) is 13.9. The number of aromatic nitrogens is 1. The molecular weight excluding hydrogens is 568 g/mol. The van der Waals surface area contributed by atoms with E-state index in [0.29, 0.717) is 55.1 Å². The van der Waals surface area contributed by atoms with Crippen molar-refractivity contribution >= 4 is 41.0 Å². The van der Waals surface area contributed by atoms with E-state index in [2.05, 4.69) is 4.99 Å². The molecule has 1 aliphatic heterocycles. The summed E-state index contributed by atoms with van der Waals surface area (Å²) in [5, 5.41) is 9.96. The number of carbonyl (C=O) groups excluding carboxylic acids is 1. The van der Waals surface area contributed by atoms with Crippen LogP contribution in [0.15, 0.2) is 80.1 Å². The standard InChI is InChI=1S/C30H25ClN2O7S/c1-4-13-39-22-11-9-17(31)14-21(22)26-25(29(37)38-3)16(2)32-30-33(26)27(34)24(41-30)15-18-10-12-23(40-18)19-7-5-6-8-20(19)28(35)36/h5-12,14-15,26H,4,13H2,1-3H3,(H,35,36)/b24-15+/t26-/m1/s1. The largest absolute Gasteiger partial charge is 0.493 e. The van der Waals surface area contributed by atoms with E-state index >= 15 is 0 Å². The van der Waals surface area contributed by atoms with Crippen LogP contribution in [-0.2, 0) is 9.53 Å². The molecule has 0 saturated carbocycles. The first-order chi connectivity index (χ1) is 19.7. The van der Waals surface area contributed by atoms with Crippen LogP contribution >= 0.6 is 22.9 Å². The van der Waals surface area contributed by atoms with Crippen molar-refractivity contribution in [2.45, 2.75) is 26.3 Å². The zero-order valence-corrected chi connectivity index (χ0v) is 23.9. The molecule has 0 aliphatic carbocycles. The molecule has 0 radical (unpaired) electrons. The van der Waals surface area contributed by atoms with Crippen molar-refractivity contribution in [2.24, 2.45) is 4.99 Å². The number of halogens is 1. The maximum Gasteiger partial charge on any atom is 0.338 e. The monoisotopic (exact) mass is 592 g/mol. The summed E-state index contributed by atoms with van der Waals surface area (Å²) in [4.78, 5) is 43.5. The van der Waals surface area contributed by atoms with Crippen LogP contribution in [0.5, 0.6) is 5.75 Å². The molecule has 2 aromatic carbocycles. The molecule has 0 bridgehead atoms. The lowest BCUT2D eigenvalue weighted by Gasteiger charge is -2.26. The second-order valence-electron chi connectivity index (χ2n) is 9.16. The average molecular weight is 593 g/mol. The van der Waals surface area contributed by atoms with Gasteiger partial charge >= 0.3 is 11.9 Å². The van der Waals surface area contributed by atoms with Crippen LogP contribution in [0, 0.1) is 0 Å². The molecule has 2 aromatic heterocycles. The Morgan fingerprint density at radius 3 is 2.71 bits per heavy atom. The molecule has 3 heterocycles. The van der Waals surface area contributed by atoms with E-state index in [1.165, 1.54) is 17.7 Å². The number of benzene rings is 2. The lowest BCUT2D eigenvalue weighted by Crippen LogP contribution is -2.40. The third-order valence-electron chi connectivity index (χ3n) is 6.48. The van der Waals surface area contributed by atoms with Crippen LogP contribution in [-0.4, -0.2) is 35.3 Å². The highest BCUT2D eigenvalue weighted by Gasteiger charge is 2.35. The number of fused-ring (bicyclic) bond motifs is 1. The topological polar surface area (TPSA) is 120 Å². The third-order valence-corrected chi connectivity index (χ3v) is 7.70. The number of carboxylic acid groups (broad SMARTS) is 1. The molecule has 9 nitrogen and oxygen atoms in total. The molecule has 4 aromatic rings. The van der Waals surface area contributed by atoms with Crippen LogP contribution in [0.1, 0.15) is 48.0 Å². The predicted molar refractivity (Wildman–Crippen MR) is 154 cm³/mol. The quantitative estimate of drug-likeness (QED) is 0.292. The molecule has 0 unspecified atom stereocenters. The molecule has 41 heavy (non-hydrogen) atoms. The number of aromatic carboxylic acids is 1. The van der Waals surface area contributed by atoms with Gasteiger partial charge in [0.15, 0.2) is 4.80 Å². The first kappa shape index (κ1) is 28.1. The number of carbonyl (C=O) groups is 2. The van der Waals surface area contributed by atoms with Crippen molar-refractivity contribution < 1.29 is 28.6 Å². The number of hydrogen-bond donors (Lipinski definition) is 1. The number of esters is 1. The zero-order chi connectivity index (χ0) is 29.3. The molecule has 0 amide bonds. The van der Waals surface area contributed by atoms with Gasteiger partial charge in [0.2, 0.25) is 0 Å². The van der Waals surface area contributed by atoms with Crippen LogP contribution < -0.4 is 19.6 Å². The van der Waals surface area contributed by atoms with Gasteiger partial charge in [-0.1, -0.05) is 48.1 Å². The second-order valence-corrected chi connectivity index (χ2v) is 10.6. The first-order valence-electron chi connectivity index (χ1n) is 12.7. The van der Waals surface area contributed by atoms with E-state index in [4.69, 9.17) is 25.5 Å². The Bertz CT molecular complexity index is 1880. The molecule has 5 rings (SSSR count). The summed E-state index contributed by atoms with van der Waals surface area (Å²) < 4.78 is 18.7. The van der Waals surface area contributed by atoms with Crippen molar-refractivity contribution in [1.82, 2.24) is 4.57 Å². The highest BCUT2D eigenvalue weighted by atomic mass is 35.5. The molecule has 11 heteroatoms. The van der Waals surface area contributed by atoms with Gasteiger partial charge in [-0.15, -0.1) is 0 Å². The van der Waals surface area contributed by atoms with Crippen LogP contribution in [0.2, 0.25) is 5.02 Å². The smallest absolute Gasteiger partial charge is 0.338 e. The lowest BCUT2D eigenvalue weighted by atomic mass is 9.95. The average Bonchev–Trinajstić information content (AvgIpc) is 3.55. The van der Waals surface area contributed by atoms with Gasteiger partial charge in [0.25, 0.3) is 5.56 Å². The van der Waals surface area contributed by atoms with Gasteiger partial charge in [0.05, 0.1) is 35.1 Å². The Morgan fingerprint density at radius 1 is 1.20 bits per heavy atom. The molecule has 1 N–H and O–H groups in total. The summed E-state index contributed by atoms with van der Waals surface area (Å²) >= 11 is 7.51. The Kier molecular flexibility index (Phi) is 7.96. The van der Waals surface area contributed by atoms with Gasteiger partial charge in [-0.2, -0.15) is 0 Å². The van der Waals surface area contributed by atoms with Crippen LogP contribution in [0.4, 0.5) is 0 Å². The van der Waals surface area contributed by atoms with Gasteiger partial charge in [0, 0.05) is 22.2 Å². The summed E-state index contributed by atoms with van der Waals surface area (Å²) in [5.74, 6) is -0.521. The highest BCUT2D eigenvalue weighted by molar-refractivity contribution is 7.07. The Labute approximate surface area is 243 Å². The number of rotatable bonds is 8. The summed E-state index contributed by atoms with van der Waals surface area (Å²) in [6.07, 6.45) is 2.32. The molecule has 1 aliphatic rings. The number of furan rings is 1. The minimum absolute atomic E-state index is 0.0983. The van der Waals surface area contributed by atoms with Crippen molar-refractivity contribution in [3.63, 3.8) is 0 Å². The lowest BCUT2D eigenvalue weighted by molar-refractivity contribution is -0.136. The van der Waals surface area contributed by atoms with E-state index in [0.717, 1.165) is 17.8 Å². The fourth-order valence-electron chi connectivity index (χ4n) is 4.65. The number of allylic oxidation sites excluding steroid dienone is 1. The van der Waals surface area contributed by atoms with Crippen molar-refractivity contribution in [3.05, 3.63) is 107 Å². The number of ether oxygens (including phenoxy) is 2. The third kappa shape index (κ3) is 5.36. The van der Waals surface area contributed by atoms with Crippen molar-refractivity contribution in [1.29, 1.82) is 0 Å². The summed E-state index contributed by atoms with van der Waals surface area (Å²) in [6, 6.07) is 14.0. The summed E-state index contributed by atoms with van der Waals surface area (Å²) in [5.41, 5.74) is 1.24. The van der Waals surface area contributed by atoms with Gasteiger partial charge in [-0.25, -0.2) is 14.6 Å².